The number of methoxy groups -OCH3 is 1. The van der Waals surface area contributed by atoms with E-state index in [9.17, 15) is 22.7 Å². The minimum Gasteiger partial charge on any atom is -0.386 e. The molecule has 108 valence electrons. The molecule has 1 aromatic carbocycles. The fourth-order valence-electron chi connectivity index (χ4n) is 1.90. The van der Waals surface area contributed by atoms with Crippen molar-refractivity contribution in [3.8, 4) is 0 Å². The van der Waals surface area contributed by atoms with Gasteiger partial charge in [-0.2, -0.15) is 13.2 Å². The van der Waals surface area contributed by atoms with Crippen LogP contribution < -0.4 is 0 Å². The first-order valence-corrected chi connectivity index (χ1v) is 5.76. The highest BCUT2D eigenvalue weighted by atomic mass is 19.4. The lowest BCUT2D eigenvalue weighted by Crippen LogP contribution is -2.26. The Hall–Kier alpha value is -1.14. The Morgan fingerprint density at radius 1 is 1.21 bits per heavy atom. The van der Waals surface area contributed by atoms with Gasteiger partial charge in [0.05, 0.1) is 11.7 Å². The second-order valence-electron chi connectivity index (χ2n) is 4.63. The summed E-state index contributed by atoms with van der Waals surface area (Å²) in [5.74, 6) is -1.46. The van der Waals surface area contributed by atoms with Crippen molar-refractivity contribution in [3.63, 3.8) is 0 Å². The molecule has 0 aromatic heterocycles. The van der Waals surface area contributed by atoms with Crippen molar-refractivity contribution >= 4 is 0 Å². The van der Waals surface area contributed by atoms with Crippen LogP contribution in [0.2, 0.25) is 0 Å². The van der Waals surface area contributed by atoms with Crippen LogP contribution in [0.1, 0.15) is 31.1 Å². The van der Waals surface area contributed by atoms with Gasteiger partial charge in [0, 0.05) is 7.11 Å². The molecule has 1 aromatic rings. The predicted molar refractivity (Wildman–Crippen MR) is 62.0 cm³/mol. The molecule has 0 radical (unpaired) electrons. The lowest BCUT2D eigenvalue weighted by Gasteiger charge is -2.25. The fraction of sp³-hybridized carbons (Fsp3) is 0.538. The van der Waals surface area contributed by atoms with Gasteiger partial charge in [-0.3, -0.25) is 0 Å². The van der Waals surface area contributed by atoms with Crippen molar-refractivity contribution < 1.29 is 27.4 Å². The van der Waals surface area contributed by atoms with Gasteiger partial charge in [0.1, 0.15) is 11.9 Å². The number of aliphatic hydroxyl groups is 1. The molecule has 0 amide bonds. The Morgan fingerprint density at radius 2 is 1.79 bits per heavy atom. The summed E-state index contributed by atoms with van der Waals surface area (Å²) in [5.41, 5.74) is -1.41. The third-order valence-corrected chi connectivity index (χ3v) is 2.88. The number of alkyl halides is 3. The Balaban J connectivity index is 3.15. The summed E-state index contributed by atoms with van der Waals surface area (Å²) in [7, 11) is 1.36. The first-order chi connectivity index (χ1) is 8.68. The number of rotatable bonds is 4. The van der Waals surface area contributed by atoms with Gasteiger partial charge in [-0.05, 0) is 23.6 Å². The summed E-state index contributed by atoms with van der Waals surface area (Å²) in [5, 5.41) is 10.0. The molecule has 0 aliphatic heterocycles. The second kappa shape index (κ2) is 5.88. The summed E-state index contributed by atoms with van der Waals surface area (Å²) >= 11 is 0. The van der Waals surface area contributed by atoms with Crippen molar-refractivity contribution in [3.05, 3.63) is 35.1 Å². The Kier molecular flexibility index (Phi) is 4.92. The number of hydrogen-bond acceptors (Lipinski definition) is 2. The minimum absolute atomic E-state index is 0.0192. The van der Waals surface area contributed by atoms with Gasteiger partial charge < -0.3 is 9.84 Å². The average Bonchev–Trinajstić information content (AvgIpc) is 2.28. The fourth-order valence-corrected chi connectivity index (χ4v) is 1.90. The standard InChI is InChI=1S/C13H16F4O2/c1-7(2)12(19-3)11(18)8-4-5-10(14)9(6-8)13(15,16)17/h4-7,11-12,18H,1-3H3. The zero-order chi connectivity index (χ0) is 14.8. The van der Waals surface area contributed by atoms with E-state index in [-0.39, 0.29) is 11.5 Å². The zero-order valence-corrected chi connectivity index (χ0v) is 10.8. The van der Waals surface area contributed by atoms with Crippen LogP contribution in [-0.2, 0) is 10.9 Å². The molecule has 0 spiro atoms. The molecule has 1 rings (SSSR count). The second-order valence-corrected chi connectivity index (χ2v) is 4.63. The van der Waals surface area contributed by atoms with Crippen molar-refractivity contribution in [1.82, 2.24) is 0 Å². The highest BCUT2D eigenvalue weighted by Gasteiger charge is 2.35. The molecule has 0 aliphatic rings. The predicted octanol–water partition coefficient (Wildman–Crippen LogP) is 3.55. The Morgan fingerprint density at radius 3 is 2.21 bits per heavy atom. The largest absolute Gasteiger partial charge is 0.419 e. The van der Waals surface area contributed by atoms with Gasteiger partial charge >= 0.3 is 6.18 Å². The van der Waals surface area contributed by atoms with Gasteiger partial charge in [-0.1, -0.05) is 19.9 Å². The highest BCUT2D eigenvalue weighted by molar-refractivity contribution is 5.29. The third-order valence-electron chi connectivity index (χ3n) is 2.88. The molecular weight excluding hydrogens is 264 g/mol. The van der Waals surface area contributed by atoms with Gasteiger partial charge in [0.25, 0.3) is 0 Å². The van der Waals surface area contributed by atoms with Gasteiger partial charge in [0.15, 0.2) is 0 Å². The first-order valence-electron chi connectivity index (χ1n) is 5.76. The van der Waals surface area contributed by atoms with Crippen LogP contribution in [0.3, 0.4) is 0 Å². The smallest absolute Gasteiger partial charge is 0.386 e. The summed E-state index contributed by atoms with van der Waals surface area (Å²) < 4.78 is 55.9. The van der Waals surface area contributed by atoms with E-state index in [1.165, 1.54) is 7.11 Å². The minimum atomic E-state index is -4.79. The lowest BCUT2D eigenvalue weighted by atomic mass is 9.94. The number of ether oxygens (including phenoxy) is 1. The Labute approximate surface area is 109 Å². The van der Waals surface area contributed by atoms with E-state index in [1.54, 1.807) is 13.8 Å². The van der Waals surface area contributed by atoms with E-state index in [2.05, 4.69) is 0 Å². The van der Waals surface area contributed by atoms with Gasteiger partial charge in [-0.15, -0.1) is 0 Å². The van der Waals surface area contributed by atoms with Crippen LogP contribution in [0.15, 0.2) is 18.2 Å². The zero-order valence-electron chi connectivity index (χ0n) is 10.8. The number of halogens is 4. The van der Waals surface area contributed by atoms with Crippen molar-refractivity contribution in [1.29, 1.82) is 0 Å². The molecule has 2 nitrogen and oxygen atoms in total. The maximum Gasteiger partial charge on any atom is 0.419 e. The summed E-state index contributed by atoms with van der Waals surface area (Å²) in [6, 6.07) is 2.45. The maximum absolute atomic E-state index is 13.1. The summed E-state index contributed by atoms with van der Waals surface area (Å²) in [6.45, 7) is 3.54. The molecule has 2 atom stereocenters. The molecule has 0 fully saturated rings. The highest BCUT2D eigenvalue weighted by Crippen LogP contribution is 2.34. The molecule has 0 aliphatic carbocycles. The van der Waals surface area contributed by atoms with E-state index in [4.69, 9.17) is 4.74 Å². The molecule has 19 heavy (non-hydrogen) atoms. The number of hydrogen-bond donors (Lipinski definition) is 1. The van der Waals surface area contributed by atoms with Crippen molar-refractivity contribution in [2.45, 2.75) is 32.2 Å². The first kappa shape index (κ1) is 15.9. The summed E-state index contributed by atoms with van der Waals surface area (Å²) in [6.07, 6.45) is -6.70. The monoisotopic (exact) mass is 280 g/mol. The normalized spacial score (nSPS) is 15.6. The Bertz CT molecular complexity index is 429. The maximum atomic E-state index is 13.1. The van der Waals surface area contributed by atoms with Crippen LogP contribution in [-0.4, -0.2) is 18.3 Å². The molecule has 0 heterocycles. The van der Waals surface area contributed by atoms with E-state index in [1.807, 2.05) is 0 Å². The average molecular weight is 280 g/mol. The molecule has 0 saturated carbocycles. The molecule has 1 N–H and O–H groups in total. The lowest BCUT2D eigenvalue weighted by molar-refractivity contribution is -0.140. The third kappa shape index (κ3) is 3.67. The quantitative estimate of drug-likeness (QED) is 0.855. The molecule has 2 unspecified atom stereocenters. The van der Waals surface area contributed by atoms with Crippen LogP contribution >= 0.6 is 0 Å². The molecular formula is C13H16F4O2. The van der Waals surface area contributed by atoms with E-state index < -0.39 is 29.8 Å². The van der Waals surface area contributed by atoms with E-state index in [0.717, 1.165) is 6.07 Å². The van der Waals surface area contributed by atoms with Crippen LogP contribution in [0.5, 0.6) is 0 Å². The van der Waals surface area contributed by atoms with Crippen LogP contribution in [0.25, 0.3) is 0 Å². The van der Waals surface area contributed by atoms with Crippen LogP contribution in [0, 0.1) is 11.7 Å². The van der Waals surface area contributed by atoms with E-state index in [0.29, 0.717) is 12.1 Å². The molecule has 6 heteroatoms. The van der Waals surface area contributed by atoms with Crippen molar-refractivity contribution in [2.24, 2.45) is 5.92 Å². The topological polar surface area (TPSA) is 29.5 Å². The number of aliphatic hydroxyl groups excluding tert-OH is 1. The molecule has 0 bridgehead atoms. The molecule has 0 saturated heterocycles. The van der Waals surface area contributed by atoms with E-state index >= 15 is 0 Å². The number of benzene rings is 1. The van der Waals surface area contributed by atoms with Crippen LogP contribution in [0.4, 0.5) is 17.6 Å². The van der Waals surface area contributed by atoms with Gasteiger partial charge in [-0.25, -0.2) is 4.39 Å². The summed E-state index contributed by atoms with van der Waals surface area (Å²) in [4.78, 5) is 0. The van der Waals surface area contributed by atoms with Crippen molar-refractivity contribution in [2.75, 3.05) is 7.11 Å². The van der Waals surface area contributed by atoms with Gasteiger partial charge in [0.2, 0.25) is 0 Å². The SMILES string of the molecule is COC(C(C)C)C(O)c1ccc(F)c(C(F)(F)F)c1.